The molecule has 3 nitrogen and oxygen atoms in total. The largest absolute Gasteiger partial charge is 0.484 e. The van der Waals surface area contributed by atoms with Gasteiger partial charge < -0.3 is 4.74 Å². The molecule has 2 atom stereocenters. The van der Waals surface area contributed by atoms with E-state index in [4.69, 9.17) is 4.74 Å². The van der Waals surface area contributed by atoms with Crippen molar-refractivity contribution < 1.29 is 4.74 Å². The molecule has 1 heterocycles. The first-order chi connectivity index (χ1) is 12.2. The highest BCUT2D eigenvalue weighted by molar-refractivity contribution is 7.18. The highest BCUT2D eigenvalue weighted by Crippen LogP contribution is 2.38. The average molecular weight is 353 g/mol. The summed E-state index contributed by atoms with van der Waals surface area (Å²) in [5.41, 5.74) is 3.77. The van der Waals surface area contributed by atoms with Crippen LogP contribution in [-0.2, 0) is 6.42 Å². The summed E-state index contributed by atoms with van der Waals surface area (Å²) in [5, 5.41) is 1.10. The Bertz CT molecular complexity index is 884. The number of aromatic nitrogens is 1. The number of rotatable bonds is 5. The first kappa shape index (κ1) is 16.6. The van der Waals surface area contributed by atoms with Gasteiger partial charge in [-0.05, 0) is 49.7 Å². The van der Waals surface area contributed by atoms with Gasteiger partial charge in [0.2, 0.25) is 0 Å². The molecule has 0 saturated heterocycles. The van der Waals surface area contributed by atoms with Crippen molar-refractivity contribution in [1.82, 2.24) is 9.88 Å². The number of thiazole rings is 1. The predicted octanol–water partition coefficient (Wildman–Crippen LogP) is 4.99. The van der Waals surface area contributed by atoms with Crippen molar-refractivity contribution in [3.05, 3.63) is 58.6 Å². The van der Waals surface area contributed by atoms with Crippen LogP contribution in [0.2, 0.25) is 0 Å². The first-order valence-corrected chi connectivity index (χ1v) is 9.87. The number of ether oxygens (including phenoxy) is 1. The Balaban J connectivity index is 1.68. The lowest BCUT2D eigenvalue weighted by molar-refractivity contribution is 0.0850. The van der Waals surface area contributed by atoms with E-state index >= 15 is 0 Å². The quantitative estimate of drug-likeness (QED) is 0.647. The maximum atomic E-state index is 6.54. The lowest BCUT2D eigenvalue weighted by Crippen LogP contribution is -2.39. The van der Waals surface area contributed by atoms with Crippen LogP contribution in [0.1, 0.15) is 36.1 Å². The van der Waals surface area contributed by atoms with Gasteiger partial charge in [-0.3, -0.25) is 4.90 Å². The van der Waals surface area contributed by atoms with Gasteiger partial charge in [-0.15, -0.1) is 11.3 Å². The minimum atomic E-state index is 0.0771. The third-order valence-electron chi connectivity index (χ3n) is 5.15. The fourth-order valence-electron chi connectivity index (χ4n) is 3.93. The zero-order chi connectivity index (χ0) is 17.4. The smallest absolute Gasteiger partial charge is 0.140 e. The summed E-state index contributed by atoms with van der Waals surface area (Å²) in [5.74, 6) is 0.914. The second-order valence-electron chi connectivity index (χ2n) is 6.59. The van der Waals surface area contributed by atoms with E-state index < -0.39 is 0 Å². The maximum absolute atomic E-state index is 6.54. The highest BCUT2D eigenvalue weighted by Gasteiger charge is 2.36. The van der Waals surface area contributed by atoms with E-state index in [2.05, 4.69) is 73.1 Å². The van der Waals surface area contributed by atoms with Gasteiger partial charge in [0.15, 0.2) is 0 Å². The van der Waals surface area contributed by atoms with Crippen molar-refractivity contribution in [2.75, 3.05) is 13.1 Å². The molecule has 1 aliphatic rings. The van der Waals surface area contributed by atoms with E-state index in [1.165, 1.54) is 15.8 Å². The molecule has 0 aliphatic heterocycles. The van der Waals surface area contributed by atoms with Crippen molar-refractivity contribution in [2.45, 2.75) is 39.3 Å². The minimum Gasteiger partial charge on any atom is -0.484 e. The summed E-state index contributed by atoms with van der Waals surface area (Å²) >= 11 is 1.73. The maximum Gasteiger partial charge on any atom is 0.140 e. The van der Waals surface area contributed by atoms with E-state index in [0.717, 1.165) is 35.8 Å². The van der Waals surface area contributed by atoms with Gasteiger partial charge in [-0.2, -0.15) is 0 Å². The number of likely N-dealkylation sites (N-methyl/N-ethyl adjacent to an activating group) is 1. The van der Waals surface area contributed by atoms with Gasteiger partial charge in [-0.1, -0.05) is 38.1 Å². The van der Waals surface area contributed by atoms with Crippen LogP contribution in [0.4, 0.5) is 0 Å². The van der Waals surface area contributed by atoms with Crippen molar-refractivity contribution in [1.29, 1.82) is 0 Å². The molecule has 0 amide bonds. The monoisotopic (exact) mass is 352 g/mol. The number of nitrogens with zero attached hydrogens (tertiary/aromatic N) is 2. The Morgan fingerprint density at radius 3 is 2.76 bits per heavy atom. The third-order valence-corrected chi connectivity index (χ3v) is 6.10. The van der Waals surface area contributed by atoms with E-state index in [-0.39, 0.29) is 6.10 Å². The number of hydrogen-bond donors (Lipinski definition) is 0. The summed E-state index contributed by atoms with van der Waals surface area (Å²) in [6, 6.07) is 15.4. The van der Waals surface area contributed by atoms with E-state index in [9.17, 15) is 0 Å². The molecule has 0 spiro atoms. The fourth-order valence-corrected chi connectivity index (χ4v) is 4.74. The summed E-state index contributed by atoms with van der Waals surface area (Å²) in [7, 11) is 0. The molecule has 1 aromatic heterocycles. The molecule has 0 saturated carbocycles. The predicted molar refractivity (Wildman–Crippen MR) is 105 cm³/mol. The second-order valence-corrected chi connectivity index (χ2v) is 7.83. The van der Waals surface area contributed by atoms with Crippen molar-refractivity contribution >= 4 is 21.6 Å². The Morgan fingerprint density at radius 1 is 1.16 bits per heavy atom. The summed E-state index contributed by atoms with van der Waals surface area (Å²) in [6.45, 7) is 8.59. The number of benzene rings is 2. The third kappa shape index (κ3) is 3.05. The molecule has 1 aliphatic carbocycles. The normalized spacial score (nSPS) is 19.5. The highest BCUT2D eigenvalue weighted by atomic mass is 32.1. The Kier molecular flexibility index (Phi) is 4.48. The van der Waals surface area contributed by atoms with Crippen LogP contribution in [-0.4, -0.2) is 29.0 Å². The topological polar surface area (TPSA) is 25.4 Å². The van der Waals surface area contributed by atoms with Crippen LogP contribution >= 0.6 is 11.3 Å². The second kappa shape index (κ2) is 6.77. The van der Waals surface area contributed by atoms with Gasteiger partial charge in [0.05, 0.1) is 21.3 Å². The van der Waals surface area contributed by atoms with E-state index in [0.29, 0.717) is 6.04 Å². The zero-order valence-electron chi connectivity index (χ0n) is 15.0. The molecule has 0 unspecified atom stereocenters. The molecular formula is C21H24N2OS. The molecular weight excluding hydrogens is 328 g/mol. The van der Waals surface area contributed by atoms with Crippen molar-refractivity contribution in [3.63, 3.8) is 0 Å². The number of fused-ring (bicyclic) bond motifs is 2. The lowest BCUT2D eigenvalue weighted by Gasteiger charge is -2.31. The van der Waals surface area contributed by atoms with Gasteiger partial charge in [-0.25, -0.2) is 4.98 Å². The Hall–Kier alpha value is -1.91. The SMILES string of the molecule is CCN(CC)[C@@H]1Cc2ccccc2[C@H]1Oc1ccc2sc(C)nc2c1. The van der Waals surface area contributed by atoms with Crippen LogP contribution in [0.5, 0.6) is 5.75 Å². The summed E-state index contributed by atoms with van der Waals surface area (Å²) in [4.78, 5) is 7.12. The van der Waals surface area contributed by atoms with Gasteiger partial charge in [0.1, 0.15) is 11.9 Å². The lowest BCUT2D eigenvalue weighted by atomic mass is 10.1. The molecule has 25 heavy (non-hydrogen) atoms. The molecule has 3 aromatic rings. The number of hydrogen-bond acceptors (Lipinski definition) is 4. The van der Waals surface area contributed by atoms with E-state index in [1.807, 2.05) is 0 Å². The molecule has 0 N–H and O–H groups in total. The van der Waals surface area contributed by atoms with E-state index in [1.54, 1.807) is 11.3 Å². The van der Waals surface area contributed by atoms with Gasteiger partial charge in [0, 0.05) is 6.07 Å². The van der Waals surface area contributed by atoms with Gasteiger partial charge in [0.25, 0.3) is 0 Å². The van der Waals surface area contributed by atoms with Crippen LogP contribution in [0.3, 0.4) is 0 Å². The molecule has 0 fully saturated rings. The Labute approximate surface area is 153 Å². The molecule has 4 rings (SSSR count). The van der Waals surface area contributed by atoms with Crippen molar-refractivity contribution in [2.24, 2.45) is 0 Å². The zero-order valence-corrected chi connectivity index (χ0v) is 15.8. The van der Waals surface area contributed by atoms with Crippen LogP contribution in [0.15, 0.2) is 42.5 Å². The molecule has 0 bridgehead atoms. The van der Waals surface area contributed by atoms with Gasteiger partial charge >= 0.3 is 0 Å². The Morgan fingerprint density at radius 2 is 1.96 bits per heavy atom. The van der Waals surface area contributed by atoms with Crippen molar-refractivity contribution in [3.8, 4) is 5.75 Å². The first-order valence-electron chi connectivity index (χ1n) is 9.05. The van der Waals surface area contributed by atoms with Crippen LogP contribution in [0.25, 0.3) is 10.2 Å². The minimum absolute atomic E-state index is 0.0771. The average Bonchev–Trinajstić information content (AvgIpc) is 3.16. The summed E-state index contributed by atoms with van der Waals surface area (Å²) in [6.07, 6.45) is 1.13. The molecule has 130 valence electrons. The molecule has 2 aromatic carbocycles. The molecule has 4 heteroatoms. The summed E-state index contributed by atoms with van der Waals surface area (Å²) < 4.78 is 7.76. The fraction of sp³-hybridized carbons (Fsp3) is 0.381. The van der Waals surface area contributed by atoms with Crippen LogP contribution < -0.4 is 4.74 Å². The number of aryl methyl sites for hydroxylation is 1. The molecule has 0 radical (unpaired) electrons. The standard InChI is InChI=1S/C21H24N2OS/c1-4-23(5-2)19-12-15-8-6-7-9-17(15)21(19)24-16-10-11-20-18(13-16)22-14(3)25-20/h6-11,13,19,21H,4-5,12H2,1-3H3/t19-,21-/m1/s1. The van der Waals surface area contributed by atoms with Crippen LogP contribution in [0, 0.1) is 6.92 Å².